The van der Waals surface area contributed by atoms with Crippen LogP contribution in [0.25, 0.3) is 0 Å². The Bertz CT molecular complexity index is 591. The molecule has 0 amide bonds. The van der Waals surface area contributed by atoms with E-state index >= 15 is 0 Å². The first-order valence-corrected chi connectivity index (χ1v) is 13.3. The quantitative estimate of drug-likeness (QED) is 0.151. The molecule has 2 atom stereocenters. The molecule has 5 heteroatoms. The van der Waals surface area contributed by atoms with Crippen molar-refractivity contribution in [2.75, 3.05) is 26.2 Å². The minimum Gasteiger partial charge on any atom is -0.403 e. The SMILES string of the molecule is C=C(N)CCCCC(C)C(=C)NCCCCC(NC(=C)C1CCCC1)C(=C)NCCNCC. The first-order chi connectivity index (χ1) is 15.8. The molecule has 6 N–H and O–H groups in total. The topological polar surface area (TPSA) is 74.1 Å². The molecule has 0 aliphatic heterocycles. The second-order valence-electron chi connectivity index (χ2n) is 9.76. The van der Waals surface area contributed by atoms with E-state index in [1.54, 1.807) is 0 Å². The van der Waals surface area contributed by atoms with Gasteiger partial charge in [0.15, 0.2) is 0 Å². The van der Waals surface area contributed by atoms with Crippen LogP contribution in [0.5, 0.6) is 0 Å². The molecular formula is C28H53N5. The number of allylic oxidation sites excluding steroid dienone is 3. The predicted molar refractivity (Wildman–Crippen MR) is 146 cm³/mol. The molecule has 2 unspecified atom stereocenters. The molecule has 0 aromatic heterocycles. The zero-order valence-corrected chi connectivity index (χ0v) is 21.7. The standard InChI is InChI=1S/C28H53N5/c1-7-30-20-21-32-26(6)28(33-25(5)27-16-10-11-17-27)18-12-13-19-31-24(4)22(2)14-8-9-15-23(3)29/h22,27-28,30-33H,3-21,29H2,1-2H3. The summed E-state index contributed by atoms with van der Waals surface area (Å²) in [6.45, 7) is 24.9. The smallest absolute Gasteiger partial charge is 0.0650 e. The number of nitrogens with one attached hydrogen (secondary N) is 4. The van der Waals surface area contributed by atoms with Crippen LogP contribution in [0, 0.1) is 11.8 Å². The van der Waals surface area contributed by atoms with Crippen LogP contribution in [-0.4, -0.2) is 32.2 Å². The van der Waals surface area contributed by atoms with Crippen molar-refractivity contribution in [1.82, 2.24) is 21.3 Å². The van der Waals surface area contributed by atoms with Gasteiger partial charge in [-0.1, -0.05) is 59.4 Å². The van der Waals surface area contributed by atoms with E-state index in [0.717, 1.165) is 81.8 Å². The molecule has 0 radical (unpaired) electrons. The highest BCUT2D eigenvalue weighted by Crippen LogP contribution is 2.29. The van der Waals surface area contributed by atoms with Gasteiger partial charge in [-0.2, -0.15) is 0 Å². The normalized spacial score (nSPS) is 15.6. The fraction of sp³-hybridized carbons (Fsp3) is 0.714. The Balaban J connectivity index is 2.34. The monoisotopic (exact) mass is 459 g/mol. The lowest BCUT2D eigenvalue weighted by Crippen LogP contribution is -2.39. The van der Waals surface area contributed by atoms with Gasteiger partial charge in [0.1, 0.15) is 0 Å². The summed E-state index contributed by atoms with van der Waals surface area (Å²) >= 11 is 0. The maximum atomic E-state index is 5.65. The van der Waals surface area contributed by atoms with Crippen LogP contribution < -0.4 is 27.0 Å². The van der Waals surface area contributed by atoms with Gasteiger partial charge in [0.25, 0.3) is 0 Å². The third-order valence-electron chi connectivity index (χ3n) is 6.78. The van der Waals surface area contributed by atoms with E-state index < -0.39 is 0 Å². The molecule has 5 nitrogen and oxygen atoms in total. The Hall–Kier alpha value is -1.88. The van der Waals surface area contributed by atoms with Crippen LogP contribution in [0.1, 0.15) is 84.5 Å². The fourth-order valence-electron chi connectivity index (χ4n) is 4.43. The van der Waals surface area contributed by atoms with Crippen molar-refractivity contribution < 1.29 is 0 Å². The van der Waals surface area contributed by atoms with Crippen LogP contribution in [0.15, 0.2) is 49.1 Å². The van der Waals surface area contributed by atoms with Crippen LogP contribution in [0.2, 0.25) is 0 Å². The largest absolute Gasteiger partial charge is 0.403 e. The number of nitrogens with two attached hydrogens (primary N) is 1. The Morgan fingerprint density at radius 2 is 1.55 bits per heavy atom. The van der Waals surface area contributed by atoms with Crippen molar-refractivity contribution in [3.63, 3.8) is 0 Å². The molecule has 0 aromatic carbocycles. The number of hydrogen-bond donors (Lipinski definition) is 5. The number of hydrogen-bond acceptors (Lipinski definition) is 5. The van der Waals surface area contributed by atoms with E-state index in [1.165, 1.54) is 37.8 Å². The summed E-state index contributed by atoms with van der Waals surface area (Å²) in [7, 11) is 0. The van der Waals surface area contributed by atoms with Gasteiger partial charge in [0, 0.05) is 42.4 Å². The summed E-state index contributed by atoms with van der Waals surface area (Å²) < 4.78 is 0. The van der Waals surface area contributed by atoms with E-state index in [-0.39, 0.29) is 6.04 Å². The molecule has 1 aliphatic rings. The van der Waals surface area contributed by atoms with Gasteiger partial charge in [-0.3, -0.25) is 0 Å². The molecule has 0 spiro atoms. The van der Waals surface area contributed by atoms with E-state index in [9.17, 15) is 0 Å². The molecule has 1 aliphatic carbocycles. The van der Waals surface area contributed by atoms with Gasteiger partial charge in [-0.05, 0) is 69.7 Å². The predicted octanol–water partition coefficient (Wildman–Crippen LogP) is 5.30. The lowest BCUT2D eigenvalue weighted by Gasteiger charge is -2.27. The molecule has 33 heavy (non-hydrogen) atoms. The molecule has 0 bridgehead atoms. The third-order valence-corrected chi connectivity index (χ3v) is 6.78. The Morgan fingerprint density at radius 3 is 2.21 bits per heavy atom. The van der Waals surface area contributed by atoms with Crippen LogP contribution in [0.3, 0.4) is 0 Å². The van der Waals surface area contributed by atoms with Crippen molar-refractivity contribution >= 4 is 0 Å². The molecule has 190 valence electrons. The summed E-state index contributed by atoms with van der Waals surface area (Å²) in [6, 6.07) is 0.235. The number of likely N-dealkylation sites (N-methyl/N-ethyl adjacent to an activating group) is 1. The Kier molecular flexibility index (Phi) is 15.5. The summed E-state index contributed by atoms with van der Waals surface area (Å²) in [5, 5.41) is 14.1. The van der Waals surface area contributed by atoms with E-state index in [2.05, 4.69) is 61.4 Å². The average molecular weight is 460 g/mol. The van der Waals surface area contributed by atoms with Crippen molar-refractivity contribution in [2.45, 2.75) is 90.5 Å². The second-order valence-corrected chi connectivity index (χ2v) is 9.76. The third kappa shape index (κ3) is 13.4. The van der Waals surface area contributed by atoms with Crippen LogP contribution >= 0.6 is 0 Å². The maximum Gasteiger partial charge on any atom is 0.0650 e. The first-order valence-electron chi connectivity index (χ1n) is 13.3. The molecular weight excluding hydrogens is 406 g/mol. The van der Waals surface area contributed by atoms with Gasteiger partial charge in [-0.15, -0.1) is 0 Å². The molecule has 1 rings (SSSR count). The summed E-state index contributed by atoms with van der Waals surface area (Å²) in [5.74, 6) is 1.11. The minimum atomic E-state index is 0.235. The van der Waals surface area contributed by atoms with Crippen LogP contribution in [-0.2, 0) is 0 Å². The number of unbranched alkanes of at least 4 members (excludes halogenated alkanes) is 2. The minimum absolute atomic E-state index is 0.235. The summed E-state index contributed by atoms with van der Waals surface area (Å²) in [4.78, 5) is 0. The van der Waals surface area contributed by atoms with Gasteiger partial charge in [0.05, 0.1) is 6.04 Å². The summed E-state index contributed by atoms with van der Waals surface area (Å²) in [6.07, 6.45) is 12.9. The second kappa shape index (κ2) is 17.6. The molecule has 0 aromatic rings. The van der Waals surface area contributed by atoms with Gasteiger partial charge in [0.2, 0.25) is 0 Å². The highest BCUT2D eigenvalue weighted by atomic mass is 15.0. The van der Waals surface area contributed by atoms with Gasteiger partial charge >= 0.3 is 0 Å². The Morgan fingerprint density at radius 1 is 0.879 bits per heavy atom. The summed E-state index contributed by atoms with van der Waals surface area (Å²) in [5.41, 5.74) is 9.87. The maximum absolute atomic E-state index is 5.65. The molecule has 1 fully saturated rings. The fourth-order valence-corrected chi connectivity index (χ4v) is 4.43. The van der Waals surface area contributed by atoms with E-state index in [4.69, 9.17) is 5.73 Å². The van der Waals surface area contributed by atoms with Crippen molar-refractivity contribution in [1.29, 1.82) is 0 Å². The number of rotatable bonds is 21. The molecule has 1 saturated carbocycles. The average Bonchev–Trinajstić information content (AvgIpc) is 3.33. The lowest BCUT2D eigenvalue weighted by molar-refractivity contribution is 0.472. The van der Waals surface area contributed by atoms with Gasteiger partial charge in [-0.25, -0.2) is 0 Å². The van der Waals surface area contributed by atoms with E-state index in [1.807, 2.05) is 0 Å². The molecule has 0 heterocycles. The van der Waals surface area contributed by atoms with Crippen molar-refractivity contribution in [3.8, 4) is 0 Å². The zero-order valence-electron chi connectivity index (χ0n) is 21.7. The van der Waals surface area contributed by atoms with Crippen molar-refractivity contribution in [2.24, 2.45) is 17.6 Å². The van der Waals surface area contributed by atoms with E-state index in [0.29, 0.717) is 11.8 Å². The van der Waals surface area contributed by atoms with Crippen LogP contribution in [0.4, 0.5) is 0 Å². The van der Waals surface area contributed by atoms with Crippen molar-refractivity contribution in [3.05, 3.63) is 49.1 Å². The Labute approximate surface area is 204 Å². The zero-order chi connectivity index (χ0) is 24.5. The first kappa shape index (κ1) is 29.2. The van der Waals surface area contributed by atoms with Gasteiger partial charge < -0.3 is 27.0 Å². The lowest BCUT2D eigenvalue weighted by atomic mass is 9.99. The molecule has 0 saturated heterocycles. The highest BCUT2D eigenvalue weighted by molar-refractivity contribution is 5.11. The highest BCUT2D eigenvalue weighted by Gasteiger charge is 2.21.